The number of aldehydes is 1. The van der Waals surface area contributed by atoms with E-state index in [4.69, 9.17) is 10.8 Å². The van der Waals surface area contributed by atoms with Crippen molar-refractivity contribution in [2.24, 2.45) is 11.7 Å². The van der Waals surface area contributed by atoms with E-state index in [-0.39, 0.29) is 5.92 Å². The Bertz CT molecular complexity index is 196. The van der Waals surface area contributed by atoms with Crippen molar-refractivity contribution in [2.45, 2.75) is 32.4 Å². The molecule has 1 amide bonds. The average molecular weight is 202 g/mol. The maximum absolute atomic E-state index is 11.2. The second-order valence-electron chi connectivity index (χ2n) is 3.35. The molecule has 0 saturated heterocycles. The van der Waals surface area contributed by atoms with Crippen LogP contribution in [0.4, 0.5) is 0 Å². The zero-order chi connectivity index (χ0) is 11.1. The van der Waals surface area contributed by atoms with E-state index >= 15 is 0 Å². The Hall–Kier alpha value is -0.940. The Morgan fingerprint density at radius 2 is 2.21 bits per heavy atom. The van der Waals surface area contributed by atoms with E-state index < -0.39 is 24.6 Å². The first-order valence-corrected chi connectivity index (χ1v) is 4.68. The molecule has 0 bridgehead atoms. The van der Waals surface area contributed by atoms with Crippen LogP contribution in [0.2, 0.25) is 0 Å². The average Bonchev–Trinajstić information content (AvgIpc) is 2.22. The molecule has 0 aliphatic carbocycles. The van der Waals surface area contributed by atoms with Gasteiger partial charge < -0.3 is 21.0 Å². The Kier molecular flexibility index (Phi) is 6.07. The molecule has 5 heteroatoms. The van der Waals surface area contributed by atoms with Crippen molar-refractivity contribution in [3.05, 3.63) is 0 Å². The molecular weight excluding hydrogens is 184 g/mol. The molecular formula is C9H18N2O3. The molecule has 4 N–H and O–H groups in total. The molecule has 82 valence electrons. The summed E-state index contributed by atoms with van der Waals surface area (Å²) >= 11 is 0. The fraction of sp³-hybridized carbons (Fsp3) is 0.778. The van der Waals surface area contributed by atoms with Crippen LogP contribution in [-0.4, -0.2) is 36.0 Å². The lowest BCUT2D eigenvalue weighted by molar-refractivity contribution is -0.126. The van der Waals surface area contributed by atoms with Gasteiger partial charge in [-0.25, -0.2) is 0 Å². The van der Waals surface area contributed by atoms with Gasteiger partial charge in [0, 0.05) is 0 Å². The largest absolute Gasteiger partial charge is 0.394 e. The Labute approximate surface area is 83.7 Å². The summed E-state index contributed by atoms with van der Waals surface area (Å²) in [6.45, 7) is 3.38. The van der Waals surface area contributed by atoms with E-state index in [0.29, 0.717) is 6.29 Å². The zero-order valence-electron chi connectivity index (χ0n) is 8.56. The number of carbonyl (C=O) groups is 2. The first-order chi connectivity index (χ1) is 6.56. The van der Waals surface area contributed by atoms with E-state index in [0.717, 1.165) is 6.42 Å². The van der Waals surface area contributed by atoms with Crippen molar-refractivity contribution >= 4 is 12.2 Å². The smallest absolute Gasteiger partial charge is 0.239 e. The molecule has 0 fully saturated rings. The minimum atomic E-state index is -0.957. The van der Waals surface area contributed by atoms with E-state index in [1.807, 2.05) is 13.8 Å². The van der Waals surface area contributed by atoms with Crippen molar-refractivity contribution in [2.75, 3.05) is 6.61 Å². The number of aliphatic hydroxyl groups is 1. The van der Waals surface area contributed by atoms with Gasteiger partial charge >= 0.3 is 0 Å². The Balaban J connectivity index is 4.18. The van der Waals surface area contributed by atoms with E-state index in [9.17, 15) is 9.59 Å². The molecule has 0 heterocycles. The first kappa shape index (κ1) is 13.1. The molecule has 14 heavy (non-hydrogen) atoms. The fourth-order valence-electron chi connectivity index (χ4n) is 0.919. The number of rotatable bonds is 6. The van der Waals surface area contributed by atoms with Crippen LogP contribution in [-0.2, 0) is 9.59 Å². The SMILES string of the molecule is CC[C@H](C)[C@@H](C=O)NC(=O)[C@@H](N)CO. The minimum absolute atomic E-state index is 0.0716. The van der Waals surface area contributed by atoms with Gasteiger partial charge in [-0.05, 0) is 5.92 Å². The summed E-state index contributed by atoms with van der Waals surface area (Å²) in [5, 5.41) is 11.1. The molecule has 3 atom stereocenters. The van der Waals surface area contributed by atoms with E-state index in [1.54, 1.807) is 0 Å². The van der Waals surface area contributed by atoms with Gasteiger partial charge in [-0.2, -0.15) is 0 Å². The highest BCUT2D eigenvalue weighted by Gasteiger charge is 2.20. The van der Waals surface area contributed by atoms with Gasteiger partial charge in [0.25, 0.3) is 0 Å². The van der Waals surface area contributed by atoms with Crippen molar-refractivity contribution in [1.29, 1.82) is 0 Å². The van der Waals surface area contributed by atoms with Gasteiger partial charge in [0.2, 0.25) is 5.91 Å². The normalized spacial score (nSPS) is 16.9. The van der Waals surface area contributed by atoms with Crippen LogP contribution in [0.15, 0.2) is 0 Å². The third-order valence-corrected chi connectivity index (χ3v) is 2.25. The second-order valence-corrected chi connectivity index (χ2v) is 3.35. The lowest BCUT2D eigenvalue weighted by Crippen LogP contribution is -2.49. The van der Waals surface area contributed by atoms with Gasteiger partial charge in [-0.3, -0.25) is 4.79 Å². The summed E-state index contributed by atoms with van der Waals surface area (Å²) in [7, 11) is 0. The van der Waals surface area contributed by atoms with Gasteiger partial charge in [-0.1, -0.05) is 20.3 Å². The summed E-state index contributed by atoms with van der Waals surface area (Å²) in [6.07, 6.45) is 1.48. The molecule has 0 saturated carbocycles. The van der Waals surface area contributed by atoms with Crippen LogP contribution in [0.25, 0.3) is 0 Å². The van der Waals surface area contributed by atoms with E-state index in [2.05, 4.69) is 5.32 Å². The maximum atomic E-state index is 11.2. The third kappa shape index (κ3) is 3.85. The highest BCUT2D eigenvalue weighted by atomic mass is 16.3. The Morgan fingerprint density at radius 1 is 1.64 bits per heavy atom. The van der Waals surface area contributed by atoms with E-state index in [1.165, 1.54) is 0 Å². The fourth-order valence-corrected chi connectivity index (χ4v) is 0.919. The van der Waals surface area contributed by atoms with Crippen LogP contribution in [0.5, 0.6) is 0 Å². The number of carbonyl (C=O) groups excluding carboxylic acids is 2. The second kappa shape index (κ2) is 6.50. The lowest BCUT2D eigenvalue weighted by Gasteiger charge is -2.20. The van der Waals surface area contributed by atoms with Crippen LogP contribution < -0.4 is 11.1 Å². The molecule has 0 unspecified atom stereocenters. The summed E-state index contributed by atoms with van der Waals surface area (Å²) in [6, 6.07) is -1.48. The molecule has 0 aromatic carbocycles. The number of hydrogen-bond acceptors (Lipinski definition) is 4. The standard InChI is InChI=1S/C9H18N2O3/c1-3-6(2)8(5-13)11-9(14)7(10)4-12/h5-8,12H,3-4,10H2,1-2H3,(H,11,14)/t6-,7-,8+/m0/s1. The summed E-state index contributed by atoms with van der Waals surface area (Å²) in [5.41, 5.74) is 5.28. The lowest BCUT2D eigenvalue weighted by atomic mass is 10.0. The molecule has 5 nitrogen and oxygen atoms in total. The third-order valence-electron chi connectivity index (χ3n) is 2.25. The molecule has 0 aliphatic heterocycles. The zero-order valence-corrected chi connectivity index (χ0v) is 8.56. The van der Waals surface area contributed by atoms with Crippen molar-refractivity contribution in [3.63, 3.8) is 0 Å². The Morgan fingerprint density at radius 3 is 2.57 bits per heavy atom. The van der Waals surface area contributed by atoms with Crippen LogP contribution in [0.1, 0.15) is 20.3 Å². The monoisotopic (exact) mass is 202 g/mol. The van der Waals surface area contributed by atoms with Gasteiger partial charge in [0.1, 0.15) is 12.3 Å². The number of nitrogens with one attached hydrogen (secondary N) is 1. The molecule has 0 aromatic rings. The van der Waals surface area contributed by atoms with Crippen molar-refractivity contribution < 1.29 is 14.7 Å². The molecule has 0 rings (SSSR count). The van der Waals surface area contributed by atoms with Crippen molar-refractivity contribution in [1.82, 2.24) is 5.32 Å². The molecule has 0 spiro atoms. The topological polar surface area (TPSA) is 92.4 Å². The minimum Gasteiger partial charge on any atom is -0.394 e. The number of hydrogen-bond donors (Lipinski definition) is 3. The highest BCUT2D eigenvalue weighted by molar-refractivity contribution is 5.84. The predicted molar refractivity (Wildman–Crippen MR) is 52.5 cm³/mol. The predicted octanol–water partition coefficient (Wildman–Crippen LogP) is -0.964. The van der Waals surface area contributed by atoms with Gasteiger partial charge in [0.05, 0.1) is 12.6 Å². The number of aliphatic hydroxyl groups excluding tert-OH is 1. The molecule has 0 aliphatic rings. The highest BCUT2D eigenvalue weighted by Crippen LogP contribution is 2.05. The van der Waals surface area contributed by atoms with Gasteiger partial charge in [-0.15, -0.1) is 0 Å². The van der Waals surface area contributed by atoms with Crippen LogP contribution in [0, 0.1) is 5.92 Å². The number of nitrogens with two attached hydrogens (primary N) is 1. The quantitative estimate of drug-likeness (QED) is 0.483. The van der Waals surface area contributed by atoms with Crippen molar-refractivity contribution in [3.8, 4) is 0 Å². The maximum Gasteiger partial charge on any atom is 0.239 e. The molecule has 0 aromatic heterocycles. The number of amides is 1. The summed E-state index contributed by atoms with van der Waals surface area (Å²) < 4.78 is 0. The van der Waals surface area contributed by atoms with Crippen LogP contribution >= 0.6 is 0 Å². The van der Waals surface area contributed by atoms with Gasteiger partial charge in [0.15, 0.2) is 0 Å². The van der Waals surface area contributed by atoms with Crippen LogP contribution in [0.3, 0.4) is 0 Å². The molecule has 0 radical (unpaired) electrons. The summed E-state index contributed by atoms with van der Waals surface area (Å²) in [5.74, 6) is -0.424. The first-order valence-electron chi connectivity index (χ1n) is 4.68. The summed E-state index contributed by atoms with van der Waals surface area (Å²) in [4.78, 5) is 21.8.